The zero-order valence-electron chi connectivity index (χ0n) is 8.66. The lowest BCUT2D eigenvalue weighted by atomic mass is 10.1. The van der Waals surface area contributed by atoms with E-state index in [0.29, 0.717) is 0 Å². The third-order valence-electron chi connectivity index (χ3n) is 2.60. The van der Waals surface area contributed by atoms with Gasteiger partial charge in [0.15, 0.2) is 0 Å². The van der Waals surface area contributed by atoms with E-state index < -0.39 is 0 Å². The van der Waals surface area contributed by atoms with Crippen LogP contribution in [0, 0.1) is 0 Å². The topological polar surface area (TPSA) is 38.5 Å². The zero-order chi connectivity index (χ0) is 10.1. The Labute approximate surface area is 84.5 Å². The van der Waals surface area contributed by atoms with E-state index in [1.807, 2.05) is 19.1 Å². The smallest absolute Gasteiger partial charge is 0.142 e. The molecule has 1 aromatic carbocycles. The van der Waals surface area contributed by atoms with Gasteiger partial charge >= 0.3 is 0 Å². The van der Waals surface area contributed by atoms with Crippen molar-refractivity contribution in [3.05, 3.63) is 23.8 Å². The summed E-state index contributed by atoms with van der Waals surface area (Å²) in [5.41, 5.74) is 8.13. The third kappa shape index (κ3) is 1.55. The molecule has 1 unspecified atom stereocenters. The summed E-state index contributed by atoms with van der Waals surface area (Å²) < 4.78 is 5.55. The number of hydrogen-bond acceptors (Lipinski definition) is 3. The van der Waals surface area contributed by atoms with E-state index in [9.17, 15) is 0 Å². The lowest BCUT2D eigenvalue weighted by Gasteiger charge is -2.28. The molecule has 3 nitrogen and oxygen atoms in total. The Bertz CT molecular complexity index is 336. The van der Waals surface area contributed by atoms with Gasteiger partial charge < -0.3 is 15.4 Å². The number of benzene rings is 1. The molecule has 0 spiro atoms. The molecule has 0 saturated carbocycles. The summed E-state index contributed by atoms with van der Waals surface area (Å²) in [5, 5.41) is 0. The highest BCUT2D eigenvalue weighted by atomic mass is 16.5. The lowest BCUT2D eigenvalue weighted by Crippen LogP contribution is -2.29. The van der Waals surface area contributed by atoms with Gasteiger partial charge in [0, 0.05) is 13.1 Å². The highest BCUT2D eigenvalue weighted by Crippen LogP contribution is 2.32. The van der Waals surface area contributed by atoms with Crippen molar-refractivity contribution in [1.82, 2.24) is 0 Å². The van der Waals surface area contributed by atoms with E-state index in [0.717, 1.165) is 30.2 Å². The minimum atomic E-state index is 0.0793. The molecule has 1 aromatic rings. The van der Waals surface area contributed by atoms with Gasteiger partial charge in [0.25, 0.3) is 0 Å². The fraction of sp³-hybridized carbons (Fsp3) is 0.455. The number of likely N-dealkylation sites (N-methyl/N-ethyl adjacent to an activating group) is 1. The summed E-state index contributed by atoms with van der Waals surface area (Å²) in [6, 6.07) is 6.22. The number of hydrogen-bond donors (Lipinski definition) is 1. The predicted octanol–water partition coefficient (Wildman–Crippen LogP) is 1.53. The van der Waals surface area contributed by atoms with Crippen molar-refractivity contribution >= 4 is 5.69 Å². The van der Waals surface area contributed by atoms with E-state index in [2.05, 4.69) is 18.0 Å². The first-order valence-corrected chi connectivity index (χ1v) is 4.92. The maximum Gasteiger partial charge on any atom is 0.142 e. The largest absolute Gasteiger partial charge is 0.490 e. The molecule has 0 fully saturated rings. The standard InChI is InChI=1S/C11H16N2O/c1-8(12)9-3-4-11-10(7-9)13(2)5-6-14-11/h3-4,7-8H,5-6,12H2,1-2H3. The molecule has 14 heavy (non-hydrogen) atoms. The molecule has 0 aliphatic carbocycles. The van der Waals surface area contributed by atoms with Crippen LogP contribution < -0.4 is 15.4 Å². The van der Waals surface area contributed by atoms with Crippen LogP contribution in [0.25, 0.3) is 0 Å². The van der Waals surface area contributed by atoms with Crippen molar-refractivity contribution in [3.8, 4) is 5.75 Å². The minimum absolute atomic E-state index is 0.0793. The average molecular weight is 192 g/mol. The first kappa shape index (κ1) is 9.34. The molecule has 2 N–H and O–H groups in total. The molecule has 1 heterocycles. The second kappa shape index (κ2) is 3.50. The monoisotopic (exact) mass is 192 g/mol. The van der Waals surface area contributed by atoms with Crippen molar-refractivity contribution in [2.45, 2.75) is 13.0 Å². The van der Waals surface area contributed by atoms with E-state index in [-0.39, 0.29) is 6.04 Å². The van der Waals surface area contributed by atoms with Gasteiger partial charge in [-0.1, -0.05) is 6.07 Å². The lowest BCUT2D eigenvalue weighted by molar-refractivity contribution is 0.311. The summed E-state index contributed by atoms with van der Waals surface area (Å²) >= 11 is 0. The van der Waals surface area contributed by atoms with Crippen LogP contribution in [0.15, 0.2) is 18.2 Å². The Morgan fingerprint density at radius 2 is 2.29 bits per heavy atom. The number of anilines is 1. The quantitative estimate of drug-likeness (QED) is 0.733. The average Bonchev–Trinajstić information content (AvgIpc) is 2.18. The van der Waals surface area contributed by atoms with Crippen LogP contribution in [0.2, 0.25) is 0 Å². The van der Waals surface area contributed by atoms with Gasteiger partial charge in [-0.3, -0.25) is 0 Å². The molecule has 1 atom stereocenters. The van der Waals surface area contributed by atoms with Gasteiger partial charge in [0.05, 0.1) is 12.2 Å². The van der Waals surface area contributed by atoms with E-state index in [4.69, 9.17) is 10.5 Å². The van der Waals surface area contributed by atoms with E-state index >= 15 is 0 Å². The molecule has 1 aliphatic rings. The van der Waals surface area contributed by atoms with Gasteiger partial charge in [0.2, 0.25) is 0 Å². The fourth-order valence-corrected chi connectivity index (χ4v) is 1.65. The van der Waals surface area contributed by atoms with Crippen molar-refractivity contribution in [2.24, 2.45) is 5.73 Å². The Morgan fingerprint density at radius 3 is 3.00 bits per heavy atom. The van der Waals surface area contributed by atoms with Crippen LogP contribution in [0.3, 0.4) is 0 Å². The van der Waals surface area contributed by atoms with Crippen LogP contribution in [0.1, 0.15) is 18.5 Å². The highest BCUT2D eigenvalue weighted by molar-refractivity contribution is 5.61. The number of ether oxygens (including phenoxy) is 1. The summed E-state index contributed by atoms with van der Waals surface area (Å²) in [7, 11) is 2.08. The van der Waals surface area contributed by atoms with Crippen LogP contribution in [0.4, 0.5) is 5.69 Å². The van der Waals surface area contributed by atoms with Crippen LogP contribution in [-0.4, -0.2) is 20.2 Å². The first-order valence-electron chi connectivity index (χ1n) is 4.92. The molecule has 0 saturated heterocycles. The number of nitrogens with two attached hydrogens (primary N) is 1. The number of nitrogens with zero attached hydrogens (tertiary/aromatic N) is 1. The second-order valence-corrected chi connectivity index (χ2v) is 3.79. The van der Waals surface area contributed by atoms with Crippen LogP contribution in [-0.2, 0) is 0 Å². The zero-order valence-corrected chi connectivity index (χ0v) is 8.66. The molecule has 2 rings (SSSR count). The highest BCUT2D eigenvalue weighted by Gasteiger charge is 2.15. The fourth-order valence-electron chi connectivity index (χ4n) is 1.65. The summed E-state index contributed by atoms with van der Waals surface area (Å²) in [5.74, 6) is 0.961. The molecule has 76 valence electrons. The Kier molecular flexibility index (Phi) is 2.33. The van der Waals surface area contributed by atoms with Gasteiger partial charge in [-0.25, -0.2) is 0 Å². The number of fused-ring (bicyclic) bond motifs is 1. The van der Waals surface area contributed by atoms with E-state index in [1.165, 1.54) is 0 Å². The minimum Gasteiger partial charge on any atom is -0.490 e. The van der Waals surface area contributed by atoms with Gasteiger partial charge in [-0.15, -0.1) is 0 Å². The SMILES string of the molecule is CC(N)c1ccc2c(c1)N(C)CCO2. The summed E-state index contributed by atoms with van der Waals surface area (Å²) in [4.78, 5) is 2.20. The number of rotatable bonds is 1. The predicted molar refractivity (Wildman–Crippen MR) is 57.8 cm³/mol. The van der Waals surface area contributed by atoms with Crippen molar-refractivity contribution < 1.29 is 4.74 Å². The molecule has 0 aromatic heterocycles. The maximum absolute atomic E-state index is 5.83. The molecule has 0 radical (unpaired) electrons. The van der Waals surface area contributed by atoms with Gasteiger partial charge in [-0.05, 0) is 24.6 Å². The Hall–Kier alpha value is -1.22. The Morgan fingerprint density at radius 1 is 1.50 bits per heavy atom. The van der Waals surface area contributed by atoms with Crippen LogP contribution in [0.5, 0.6) is 5.75 Å². The third-order valence-corrected chi connectivity index (χ3v) is 2.60. The molecule has 0 bridgehead atoms. The van der Waals surface area contributed by atoms with Crippen LogP contribution >= 0.6 is 0 Å². The maximum atomic E-state index is 5.83. The molecule has 0 amide bonds. The molecule has 3 heteroatoms. The normalized spacial score (nSPS) is 17.2. The summed E-state index contributed by atoms with van der Waals surface area (Å²) in [6.45, 7) is 3.70. The molecular weight excluding hydrogens is 176 g/mol. The van der Waals surface area contributed by atoms with Gasteiger partial charge in [0.1, 0.15) is 12.4 Å². The molecular formula is C11H16N2O. The van der Waals surface area contributed by atoms with E-state index in [1.54, 1.807) is 0 Å². The summed E-state index contributed by atoms with van der Waals surface area (Å²) in [6.07, 6.45) is 0. The first-order chi connectivity index (χ1) is 6.68. The van der Waals surface area contributed by atoms with Crippen molar-refractivity contribution in [3.63, 3.8) is 0 Å². The molecule has 1 aliphatic heterocycles. The van der Waals surface area contributed by atoms with Crippen molar-refractivity contribution in [1.29, 1.82) is 0 Å². The van der Waals surface area contributed by atoms with Gasteiger partial charge in [-0.2, -0.15) is 0 Å². The van der Waals surface area contributed by atoms with Crippen molar-refractivity contribution in [2.75, 3.05) is 25.1 Å². The Balaban J connectivity index is 2.41. The second-order valence-electron chi connectivity index (χ2n) is 3.79.